The van der Waals surface area contributed by atoms with E-state index in [0.29, 0.717) is 6.04 Å². The molecule has 2 N–H and O–H groups in total. The van der Waals surface area contributed by atoms with Crippen molar-refractivity contribution in [3.63, 3.8) is 0 Å². The number of methoxy groups -OCH3 is 1. The quantitative estimate of drug-likeness (QED) is 0.662. The van der Waals surface area contributed by atoms with E-state index in [1.807, 2.05) is 6.07 Å². The number of carbonyl (C=O) groups is 1. The summed E-state index contributed by atoms with van der Waals surface area (Å²) in [6.45, 7) is 7.30. The predicted molar refractivity (Wildman–Crippen MR) is 94.7 cm³/mol. The number of fused-ring (bicyclic) bond motifs is 1. The van der Waals surface area contributed by atoms with Crippen molar-refractivity contribution in [1.29, 1.82) is 0 Å². The Morgan fingerprint density at radius 1 is 1.42 bits per heavy atom. The molecule has 1 saturated heterocycles. The lowest BCUT2D eigenvalue weighted by atomic mass is 9.63. The molecule has 4 heteroatoms. The third kappa shape index (κ3) is 1.86. The van der Waals surface area contributed by atoms with Crippen LogP contribution in [0, 0.1) is 5.92 Å². The molecule has 0 saturated carbocycles. The van der Waals surface area contributed by atoms with Gasteiger partial charge in [-0.05, 0) is 37.4 Å². The van der Waals surface area contributed by atoms with Crippen molar-refractivity contribution >= 4 is 11.7 Å². The topological polar surface area (TPSA) is 50.4 Å². The minimum absolute atomic E-state index is 0.0444. The van der Waals surface area contributed by atoms with E-state index >= 15 is 0 Å². The lowest BCUT2D eigenvalue weighted by Gasteiger charge is -2.41. The monoisotopic (exact) mass is 324 g/mol. The number of nitrogens with one attached hydrogen (secondary N) is 2. The molecule has 0 amide bonds. The van der Waals surface area contributed by atoms with Gasteiger partial charge in [-0.2, -0.15) is 0 Å². The first-order valence-electron chi connectivity index (χ1n) is 8.74. The molecule has 2 heterocycles. The summed E-state index contributed by atoms with van der Waals surface area (Å²) in [4.78, 5) is 12.7. The number of para-hydroxylation sites is 1. The number of anilines is 1. The number of hydrogen-bond acceptors (Lipinski definition) is 4. The fourth-order valence-corrected chi connectivity index (χ4v) is 4.87. The second-order valence-corrected chi connectivity index (χ2v) is 6.98. The highest BCUT2D eigenvalue weighted by molar-refractivity contribution is 5.94. The minimum Gasteiger partial charge on any atom is -0.466 e. The summed E-state index contributed by atoms with van der Waals surface area (Å²) in [6.07, 6.45) is 2.77. The van der Waals surface area contributed by atoms with Gasteiger partial charge in [0.25, 0.3) is 0 Å². The summed E-state index contributed by atoms with van der Waals surface area (Å²) in [6, 6.07) is 8.74. The molecule has 24 heavy (non-hydrogen) atoms. The predicted octanol–water partition coefficient (Wildman–Crippen LogP) is 3.13. The van der Waals surface area contributed by atoms with Crippen LogP contribution >= 0.6 is 0 Å². The second kappa shape index (κ2) is 5.49. The Bertz CT molecular complexity index is 752. The molecule has 4 rings (SSSR count). The molecule has 1 aliphatic carbocycles. The zero-order valence-corrected chi connectivity index (χ0v) is 14.3. The van der Waals surface area contributed by atoms with E-state index in [1.54, 1.807) is 0 Å². The van der Waals surface area contributed by atoms with Gasteiger partial charge in [0.15, 0.2) is 0 Å². The summed E-state index contributed by atoms with van der Waals surface area (Å²) in [5.74, 6) is -0.183. The number of allylic oxidation sites excluding steroid dienone is 1. The van der Waals surface area contributed by atoms with E-state index in [1.165, 1.54) is 12.7 Å². The van der Waals surface area contributed by atoms with Gasteiger partial charge in [0, 0.05) is 23.3 Å². The molecule has 1 fully saturated rings. The molecule has 2 aliphatic heterocycles. The lowest BCUT2D eigenvalue weighted by Crippen LogP contribution is -2.47. The maximum Gasteiger partial charge on any atom is 0.336 e. The Morgan fingerprint density at radius 3 is 2.96 bits per heavy atom. The van der Waals surface area contributed by atoms with Gasteiger partial charge in [-0.1, -0.05) is 37.3 Å². The Balaban J connectivity index is 1.97. The smallest absolute Gasteiger partial charge is 0.336 e. The fraction of sp³-hybridized carbons (Fsp3) is 0.450. The molecular weight excluding hydrogens is 300 g/mol. The van der Waals surface area contributed by atoms with Crippen molar-refractivity contribution in [2.24, 2.45) is 5.92 Å². The zero-order valence-electron chi connectivity index (χ0n) is 14.3. The van der Waals surface area contributed by atoms with E-state index in [0.717, 1.165) is 48.3 Å². The minimum atomic E-state index is -0.227. The van der Waals surface area contributed by atoms with Crippen LogP contribution in [0.15, 0.2) is 47.7 Å². The molecular formula is C20H24N2O2. The van der Waals surface area contributed by atoms with Gasteiger partial charge < -0.3 is 15.4 Å². The molecule has 4 nitrogen and oxygen atoms in total. The van der Waals surface area contributed by atoms with Crippen LogP contribution in [0.3, 0.4) is 0 Å². The Kier molecular flexibility index (Phi) is 3.53. The largest absolute Gasteiger partial charge is 0.466 e. The van der Waals surface area contributed by atoms with Gasteiger partial charge in [0.05, 0.1) is 18.1 Å². The zero-order chi connectivity index (χ0) is 16.9. The summed E-state index contributed by atoms with van der Waals surface area (Å²) < 4.78 is 5.17. The normalized spacial score (nSPS) is 30.2. The van der Waals surface area contributed by atoms with Crippen LogP contribution in [-0.4, -0.2) is 25.7 Å². The number of rotatable bonds is 3. The van der Waals surface area contributed by atoms with Crippen molar-refractivity contribution < 1.29 is 9.53 Å². The Labute approximate surface area is 143 Å². The lowest BCUT2D eigenvalue weighted by molar-refractivity contribution is -0.136. The van der Waals surface area contributed by atoms with Crippen LogP contribution in [0.1, 0.15) is 31.7 Å². The van der Waals surface area contributed by atoms with Crippen LogP contribution in [-0.2, 0) is 14.9 Å². The van der Waals surface area contributed by atoms with Gasteiger partial charge in [0.1, 0.15) is 0 Å². The number of esters is 1. The molecule has 1 spiro atoms. The van der Waals surface area contributed by atoms with E-state index in [9.17, 15) is 4.79 Å². The van der Waals surface area contributed by atoms with Crippen molar-refractivity contribution in [1.82, 2.24) is 5.32 Å². The van der Waals surface area contributed by atoms with Crippen LogP contribution in [0.4, 0.5) is 5.69 Å². The van der Waals surface area contributed by atoms with E-state index in [4.69, 9.17) is 4.74 Å². The first kappa shape index (κ1) is 15.5. The fourth-order valence-electron chi connectivity index (χ4n) is 4.87. The number of hydrogen-bond donors (Lipinski definition) is 2. The molecule has 126 valence electrons. The third-order valence-electron chi connectivity index (χ3n) is 6.06. The van der Waals surface area contributed by atoms with E-state index in [-0.39, 0.29) is 17.3 Å². The highest BCUT2D eigenvalue weighted by Gasteiger charge is 2.57. The summed E-state index contributed by atoms with van der Waals surface area (Å²) in [5, 5.41) is 7.25. The van der Waals surface area contributed by atoms with E-state index < -0.39 is 0 Å². The van der Waals surface area contributed by atoms with Crippen molar-refractivity contribution in [2.75, 3.05) is 19.0 Å². The second-order valence-electron chi connectivity index (χ2n) is 6.98. The first-order valence-corrected chi connectivity index (χ1v) is 8.74. The van der Waals surface area contributed by atoms with Crippen LogP contribution in [0.25, 0.3) is 0 Å². The molecule has 3 aliphatic rings. The number of carbonyl (C=O) groups excluding carboxylic acids is 1. The van der Waals surface area contributed by atoms with Crippen molar-refractivity contribution in [3.05, 3.63) is 53.3 Å². The van der Waals surface area contributed by atoms with Crippen molar-refractivity contribution in [2.45, 2.75) is 37.6 Å². The summed E-state index contributed by atoms with van der Waals surface area (Å²) in [5.41, 5.74) is 5.20. The maximum atomic E-state index is 12.7. The Hall–Kier alpha value is -2.07. The third-order valence-corrected chi connectivity index (χ3v) is 6.06. The maximum absolute atomic E-state index is 12.7. The molecule has 3 atom stereocenters. The average molecular weight is 324 g/mol. The van der Waals surface area contributed by atoms with Gasteiger partial charge >= 0.3 is 5.97 Å². The van der Waals surface area contributed by atoms with Gasteiger partial charge in [-0.3, -0.25) is 0 Å². The molecule has 1 aromatic carbocycles. The van der Waals surface area contributed by atoms with Gasteiger partial charge in [-0.25, -0.2) is 4.79 Å². The molecule has 0 bridgehead atoms. The standard InChI is InChI=1S/C20H24N2O2/c1-4-12(2)13-11-16-20(9-10-21-16)14-7-5-6-8-15(14)22-18(20)17(13)19(23)24-3/h5-8,13,16,21-22H,2,4,9-11H2,1,3H3/t13-,16+,20-/m0/s1. The van der Waals surface area contributed by atoms with E-state index in [2.05, 4.69) is 42.3 Å². The summed E-state index contributed by atoms with van der Waals surface area (Å²) in [7, 11) is 1.47. The first-order chi connectivity index (χ1) is 11.6. The molecule has 0 unspecified atom stereocenters. The highest BCUT2D eigenvalue weighted by atomic mass is 16.5. The van der Waals surface area contributed by atoms with Crippen LogP contribution in [0.5, 0.6) is 0 Å². The van der Waals surface area contributed by atoms with Gasteiger partial charge in [-0.15, -0.1) is 0 Å². The Morgan fingerprint density at radius 2 is 2.21 bits per heavy atom. The number of ether oxygens (including phenoxy) is 1. The summed E-state index contributed by atoms with van der Waals surface area (Å²) >= 11 is 0. The average Bonchev–Trinajstić information content (AvgIpc) is 3.19. The van der Waals surface area contributed by atoms with Crippen LogP contribution in [0.2, 0.25) is 0 Å². The number of benzene rings is 1. The van der Waals surface area contributed by atoms with Crippen molar-refractivity contribution in [3.8, 4) is 0 Å². The van der Waals surface area contributed by atoms with Crippen LogP contribution < -0.4 is 10.6 Å². The molecule has 0 aromatic heterocycles. The highest BCUT2D eigenvalue weighted by Crippen LogP contribution is 2.57. The molecule has 1 aromatic rings. The molecule has 0 radical (unpaired) electrons. The SMILES string of the molecule is C=C(CC)[C@@H]1C[C@H]2NCC[C@@]23C(=C1C(=O)OC)Nc1ccccc13. The van der Waals surface area contributed by atoms with Gasteiger partial charge in [0.2, 0.25) is 0 Å².